The van der Waals surface area contributed by atoms with Crippen molar-refractivity contribution in [1.29, 1.82) is 0 Å². The fourth-order valence-electron chi connectivity index (χ4n) is 1.73. The fourth-order valence-corrected chi connectivity index (χ4v) is 1.73. The molecule has 0 saturated heterocycles. The van der Waals surface area contributed by atoms with Crippen LogP contribution in [-0.2, 0) is 0 Å². The van der Waals surface area contributed by atoms with Crippen LogP contribution in [0.1, 0.15) is 29.4 Å². The van der Waals surface area contributed by atoms with E-state index in [4.69, 9.17) is 0 Å². The zero-order chi connectivity index (χ0) is 15.2. The van der Waals surface area contributed by atoms with E-state index in [0.29, 0.717) is 12.2 Å². The van der Waals surface area contributed by atoms with E-state index < -0.39 is 11.7 Å². The lowest BCUT2D eigenvalue weighted by Gasteiger charge is -2.09. The highest BCUT2D eigenvalue weighted by Crippen LogP contribution is 2.17. The summed E-state index contributed by atoms with van der Waals surface area (Å²) in [4.78, 5) is 20.1. The molecular weight excluding hydrogens is 271 g/mol. The molecular formula is C15H17FN4O. The van der Waals surface area contributed by atoms with Crippen LogP contribution in [0.4, 0.5) is 15.9 Å². The summed E-state index contributed by atoms with van der Waals surface area (Å²) in [6.45, 7) is 4.41. The first-order valence-electron chi connectivity index (χ1n) is 6.74. The summed E-state index contributed by atoms with van der Waals surface area (Å²) in [5.41, 5.74) is 1.31. The Morgan fingerprint density at radius 1 is 1.29 bits per heavy atom. The number of carbonyl (C=O) groups is 1. The highest BCUT2D eigenvalue weighted by molar-refractivity contribution is 6.04. The monoisotopic (exact) mass is 288 g/mol. The van der Waals surface area contributed by atoms with Crippen LogP contribution >= 0.6 is 0 Å². The standard InChI is InChI=1S/C15H17FN4O/c1-3-7-17-14-13(16)12(6-8-18-14)15(21)20-11-5-4-10(2)19-9-11/h4-6,8-9H,3,7H2,1-2H3,(H,17,18)(H,20,21). The van der Waals surface area contributed by atoms with Crippen molar-refractivity contribution in [2.75, 3.05) is 17.2 Å². The Hall–Kier alpha value is -2.50. The Morgan fingerprint density at radius 2 is 2.10 bits per heavy atom. The molecule has 0 atom stereocenters. The maximum absolute atomic E-state index is 14.2. The molecule has 6 heteroatoms. The van der Waals surface area contributed by atoms with E-state index in [1.165, 1.54) is 18.5 Å². The van der Waals surface area contributed by atoms with Crippen LogP contribution in [0, 0.1) is 12.7 Å². The van der Waals surface area contributed by atoms with Gasteiger partial charge in [-0.05, 0) is 31.5 Å². The van der Waals surface area contributed by atoms with Gasteiger partial charge in [-0.3, -0.25) is 9.78 Å². The minimum absolute atomic E-state index is 0.0517. The van der Waals surface area contributed by atoms with E-state index in [2.05, 4.69) is 20.6 Å². The molecule has 0 bridgehead atoms. The first-order chi connectivity index (χ1) is 10.1. The number of pyridine rings is 2. The van der Waals surface area contributed by atoms with Crippen molar-refractivity contribution in [1.82, 2.24) is 9.97 Å². The number of amides is 1. The van der Waals surface area contributed by atoms with Crippen LogP contribution in [0.15, 0.2) is 30.6 Å². The molecule has 2 N–H and O–H groups in total. The molecule has 0 spiro atoms. The van der Waals surface area contributed by atoms with Crippen LogP contribution in [0.3, 0.4) is 0 Å². The topological polar surface area (TPSA) is 66.9 Å². The van der Waals surface area contributed by atoms with Gasteiger partial charge in [-0.2, -0.15) is 0 Å². The second-order valence-electron chi connectivity index (χ2n) is 4.59. The normalized spacial score (nSPS) is 10.2. The summed E-state index contributed by atoms with van der Waals surface area (Å²) >= 11 is 0. The predicted octanol–water partition coefficient (Wildman–Crippen LogP) is 3.00. The number of aryl methyl sites for hydroxylation is 1. The zero-order valence-electron chi connectivity index (χ0n) is 12.0. The van der Waals surface area contributed by atoms with Gasteiger partial charge in [-0.25, -0.2) is 9.37 Å². The van der Waals surface area contributed by atoms with Crippen molar-refractivity contribution in [3.05, 3.63) is 47.7 Å². The van der Waals surface area contributed by atoms with Crippen LogP contribution in [0.2, 0.25) is 0 Å². The Kier molecular flexibility index (Phi) is 4.81. The fraction of sp³-hybridized carbons (Fsp3) is 0.267. The molecule has 0 fully saturated rings. The summed E-state index contributed by atoms with van der Waals surface area (Å²) in [7, 11) is 0. The van der Waals surface area contributed by atoms with Crippen LogP contribution in [0.25, 0.3) is 0 Å². The van der Waals surface area contributed by atoms with E-state index in [-0.39, 0.29) is 11.4 Å². The number of anilines is 2. The molecule has 0 aromatic carbocycles. The average molecular weight is 288 g/mol. The molecule has 2 heterocycles. The van der Waals surface area contributed by atoms with Gasteiger partial charge in [0.2, 0.25) is 0 Å². The van der Waals surface area contributed by atoms with Gasteiger partial charge in [-0.15, -0.1) is 0 Å². The Bertz CT molecular complexity index is 628. The lowest BCUT2D eigenvalue weighted by atomic mass is 10.2. The molecule has 2 aromatic heterocycles. The number of hydrogen-bond acceptors (Lipinski definition) is 4. The molecule has 0 saturated carbocycles. The molecule has 0 aliphatic heterocycles. The van der Waals surface area contributed by atoms with Gasteiger partial charge >= 0.3 is 0 Å². The van der Waals surface area contributed by atoms with Gasteiger partial charge in [0.15, 0.2) is 11.6 Å². The van der Waals surface area contributed by atoms with Crippen molar-refractivity contribution in [3.8, 4) is 0 Å². The van der Waals surface area contributed by atoms with Crippen molar-refractivity contribution in [3.63, 3.8) is 0 Å². The van der Waals surface area contributed by atoms with Gasteiger partial charge in [0.1, 0.15) is 0 Å². The quantitative estimate of drug-likeness (QED) is 0.887. The number of halogens is 1. The van der Waals surface area contributed by atoms with E-state index in [1.807, 2.05) is 13.8 Å². The van der Waals surface area contributed by atoms with Gasteiger partial charge in [-0.1, -0.05) is 6.92 Å². The van der Waals surface area contributed by atoms with Crippen LogP contribution < -0.4 is 10.6 Å². The van der Waals surface area contributed by atoms with E-state index in [9.17, 15) is 9.18 Å². The predicted molar refractivity (Wildman–Crippen MR) is 79.9 cm³/mol. The maximum Gasteiger partial charge on any atom is 0.258 e. The Balaban J connectivity index is 2.17. The summed E-state index contributed by atoms with van der Waals surface area (Å²) in [6, 6.07) is 4.84. The number of carbonyl (C=O) groups excluding carboxylic acids is 1. The van der Waals surface area contributed by atoms with Gasteiger partial charge in [0.25, 0.3) is 5.91 Å². The summed E-state index contributed by atoms with van der Waals surface area (Å²) in [5, 5.41) is 5.46. The smallest absolute Gasteiger partial charge is 0.258 e. The first kappa shape index (κ1) is 14.9. The minimum atomic E-state index is -0.650. The first-order valence-corrected chi connectivity index (χ1v) is 6.74. The molecule has 5 nitrogen and oxygen atoms in total. The lowest BCUT2D eigenvalue weighted by Crippen LogP contribution is -2.16. The van der Waals surface area contributed by atoms with Gasteiger partial charge in [0, 0.05) is 18.4 Å². The number of hydrogen-bond donors (Lipinski definition) is 2. The number of nitrogens with one attached hydrogen (secondary N) is 2. The third-order valence-corrected chi connectivity index (χ3v) is 2.85. The molecule has 0 radical (unpaired) electrons. The summed E-state index contributed by atoms with van der Waals surface area (Å²) in [6.07, 6.45) is 3.78. The number of nitrogens with zero attached hydrogens (tertiary/aromatic N) is 2. The minimum Gasteiger partial charge on any atom is -0.368 e. The second kappa shape index (κ2) is 6.78. The van der Waals surface area contributed by atoms with E-state index in [1.54, 1.807) is 12.1 Å². The Labute approximate surface area is 122 Å². The summed E-state index contributed by atoms with van der Waals surface area (Å²) < 4.78 is 14.2. The summed E-state index contributed by atoms with van der Waals surface area (Å²) in [5.74, 6) is -1.09. The van der Waals surface area contributed by atoms with Gasteiger partial charge in [0.05, 0.1) is 17.4 Å². The highest BCUT2D eigenvalue weighted by Gasteiger charge is 2.16. The van der Waals surface area contributed by atoms with Crippen molar-refractivity contribution in [2.24, 2.45) is 0 Å². The van der Waals surface area contributed by atoms with Crippen molar-refractivity contribution < 1.29 is 9.18 Å². The number of rotatable bonds is 5. The molecule has 0 unspecified atom stereocenters. The molecule has 0 aliphatic carbocycles. The van der Waals surface area contributed by atoms with Gasteiger partial charge < -0.3 is 10.6 Å². The van der Waals surface area contributed by atoms with Crippen molar-refractivity contribution >= 4 is 17.4 Å². The molecule has 2 rings (SSSR count). The lowest BCUT2D eigenvalue weighted by molar-refractivity contribution is 0.102. The zero-order valence-corrected chi connectivity index (χ0v) is 12.0. The highest BCUT2D eigenvalue weighted by atomic mass is 19.1. The third kappa shape index (κ3) is 3.75. The second-order valence-corrected chi connectivity index (χ2v) is 4.59. The molecule has 21 heavy (non-hydrogen) atoms. The molecule has 0 aliphatic rings. The van der Waals surface area contributed by atoms with Crippen molar-refractivity contribution in [2.45, 2.75) is 20.3 Å². The van der Waals surface area contributed by atoms with Crippen LogP contribution in [0.5, 0.6) is 0 Å². The average Bonchev–Trinajstić information content (AvgIpc) is 2.48. The SMILES string of the molecule is CCCNc1nccc(C(=O)Nc2ccc(C)nc2)c1F. The third-order valence-electron chi connectivity index (χ3n) is 2.85. The number of aromatic nitrogens is 2. The largest absolute Gasteiger partial charge is 0.368 e. The molecule has 110 valence electrons. The molecule has 2 aromatic rings. The van der Waals surface area contributed by atoms with E-state index >= 15 is 0 Å². The molecule has 1 amide bonds. The van der Waals surface area contributed by atoms with E-state index in [0.717, 1.165) is 12.1 Å². The van der Waals surface area contributed by atoms with Crippen LogP contribution in [-0.4, -0.2) is 22.4 Å². The Morgan fingerprint density at radius 3 is 2.76 bits per heavy atom. The maximum atomic E-state index is 14.2.